The van der Waals surface area contributed by atoms with E-state index in [0.29, 0.717) is 0 Å². The third kappa shape index (κ3) is 3.84. The van der Waals surface area contributed by atoms with Gasteiger partial charge in [0.15, 0.2) is 0 Å². The van der Waals surface area contributed by atoms with Gasteiger partial charge in [-0.1, -0.05) is 59.3 Å². The topological polar surface area (TPSA) is 0 Å². The average Bonchev–Trinajstić information content (AvgIpc) is 3.16. The van der Waals surface area contributed by atoms with Crippen molar-refractivity contribution >= 4 is 159 Å². The highest BCUT2D eigenvalue weighted by atomic mass is 127. The summed E-state index contributed by atoms with van der Waals surface area (Å²) in [7, 11) is 0. The van der Waals surface area contributed by atoms with E-state index in [1.807, 2.05) is 81.9 Å². The Hall–Kier alpha value is 3.05. The normalized spacial score (nSPS) is 22.1. The van der Waals surface area contributed by atoms with Crippen molar-refractivity contribution in [3.05, 3.63) is 26.5 Å². The summed E-state index contributed by atoms with van der Waals surface area (Å²) in [4.78, 5) is 0. The molecule has 0 amide bonds. The molecule has 4 heterocycles. The number of hydrogen-bond donors (Lipinski definition) is 0. The highest BCUT2D eigenvalue weighted by Crippen LogP contribution is 2.60. The van der Waals surface area contributed by atoms with Gasteiger partial charge >= 0.3 is 0 Å². The molecule has 1 aromatic rings. The van der Waals surface area contributed by atoms with Crippen molar-refractivity contribution < 1.29 is 0 Å². The van der Waals surface area contributed by atoms with Crippen molar-refractivity contribution in [2.45, 2.75) is 0 Å². The summed E-state index contributed by atoms with van der Waals surface area (Å²) >= 11 is 25.8. The van der Waals surface area contributed by atoms with Gasteiger partial charge in [-0.05, 0) is 45.2 Å². The number of rotatable bonds is 0. The summed E-state index contributed by atoms with van der Waals surface area (Å²) in [6, 6.07) is 0. The zero-order valence-electron chi connectivity index (χ0n) is 10.3. The molecule has 3 aliphatic heterocycles. The quantitative estimate of drug-likeness (QED) is 0.207. The number of thioether (sulfide) groups is 6. The van der Waals surface area contributed by atoms with E-state index < -0.39 is 0 Å². The first-order valence-corrected chi connectivity index (χ1v) is 15.2. The van der Waals surface area contributed by atoms with E-state index >= 15 is 0 Å². The zero-order valence-corrected chi connectivity index (χ0v) is 22.0. The minimum atomic E-state index is 1.05. The van der Waals surface area contributed by atoms with Crippen LogP contribution in [0.4, 0.5) is 0 Å². The summed E-state index contributed by atoms with van der Waals surface area (Å²) in [6.07, 6.45) is 0. The van der Waals surface area contributed by atoms with Crippen molar-refractivity contribution in [1.29, 1.82) is 0 Å². The molecule has 11 heteroatoms. The van der Waals surface area contributed by atoms with Crippen LogP contribution in [0.1, 0.15) is 0 Å². The molecule has 0 bridgehead atoms. The van der Waals surface area contributed by atoms with Crippen LogP contribution in [0.15, 0.2) is 14.3 Å². The van der Waals surface area contributed by atoms with Gasteiger partial charge in [0.25, 0.3) is 0 Å². The van der Waals surface area contributed by atoms with Gasteiger partial charge in [0.05, 0.1) is 27.3 Å². The molecular formula is C11H4I2S9. The lowest BCUT2D eigenvalue weighted by atomic mass is 10.9. The van der Waals surface area contributed by atoms with Crippen LogP contribution in [0.25, 0.3) is 8.47 Å². The summed E-state index contributed by atoms with van der Waals surface area (Å²) in [5.74, 6) is 2.48. The molecule has 0 atom stereocenters. The van der Waals surface area contributed by atoms with E-state index in [4.69, 9.17) is 12.2 Å². The third-order valence-corrected chi connectivity index (χ3v) is 18.4. The van der Waals surface area contributed by atoms with Crippen LogP contribution in [-0.4, -0.2) is 11.5 Å². The molecule has 1 aromatic heterocycles. The lowest BCUT2D eigenvalue weighted by Gasteiger charge is -2.08. The van der Waals surface area contributed by atoms with E-state index in [2.05, 4.69) is 45.2 Å². The molecule has 3 aliphatic rings. The van der Waals surface area contributed by atoms with Gasteiger partial charge in [0.2, 0.25) is 0 Å². The second-order valence-electron chi connectivity index (χ2n) is 3.91. The van der Waals surface area contributed by atoms with Crippen LogP contribution in [0, 0.1) is 3.82 Å². The maximum Gasteiger partial charge on any atom is 0.110 e. The second kappa shape index (κ2) is 7.97. The third-order valence-electron chi connectivity index (χ3n) is 2.52. The van der Waals surface area contributed by atoms with E-state index in [1.54, 1.807) is 11.3 Å². The van der Waals surface area contributed by atoms with E-state index in [9.17, 15) is 0 Å². The van der Waals surface area contributed by atoms with Gasteiger partial charge in [-0.3, -0.25) is 0 Å². The standard InChI is InChI=1S/C11H4I2S9/c12-4-5(13)19-7(18-4)3-6(14)20-10(17-3)11-21-8-9(22-11)16-2-1-15-8/h1-2H2. The Labute approximate surface area is 193 Å². The second-order valence-corrected chi connectivity index (χ2v) is 17.8. The average molecular weight is 679 g/mol. The highest BCUT2D eigenvalue weighted by Gasteiger charge is 2.26. The SMILES string of the molecule is S=c1sc(=C2SC3=C(SCCS3)S2)sc1=C1SC(I)=C(I)S1. The molecule has 116 valence electrons. The van der Waals surface area contributed by atoms with Crippen LogP contribution in [-0.2, 0) is 0 Å². The minimum Gasteiger partial charge on any atom is -0.119 e. The smallest absolute Gasteiger partial charge is 0.110 e. The minimum absolute atomic E-state index is 1.05. The Morgan fingerprint density at radius 3 is 1.91 bits per heavy atom. The summed E-state index contributed by atoms with van der Waals surface area (Å²) in [5, 5.41) is 0. The lowest BCUT2D eigenvalue weighted by Crippen LogP contribution is -1.96. The molecule has 0 fully saturated rings. The fourth-order valence-electron chi connectivity index (χ4n) is 1.65. The van der Waals surface area contributed by atoms with Crippen LogP contribution in [0.2, 0.25) is 0 Å². The Balaban J connectivity index is 1.75. The largest absolute Gasteiger partial charge is 0.119 e. The van der Waals surface area contributed by atoms with Crippen molar-refractivity contribution in [1.82, 2.24) is 0 Å². The van der Waals surface area contributed by atoms with Gasteiger partial charge in [0, 0.05) is 11.5 Å². The van der Waals surface area contributed by atoms with Gasteiger partial charge in [0.1, 0.15) is 7.67 Å². The van der Waals surface area contributed by atoms with Crippen LogP contribution in [0.3, 0.4) is 0 Å². The molecule has 0 N–H and O–H groups in total. The summed E-state index contributed by atoms with van der Waals surface area (Å²) in [5.41, 5.74) is 0. The molecule has 4 rings (SSSR count). The number of halogens is 2. The Morgan fingerprint density at radius 1 is 0.727 bits per heavy atom. The monoisotopic (exact) mass is 678 g/mol. The van der Waals surface area contributed by atoms with Crippen LogP contribution >= 0.6 is 151 Å². The molecule has 0 unspecified atom stereocenters. The van der Waals surface area contributed by atoms with Gasteiger partial charge < -0.3 is 0 Å². The first-order valence-electron chi connectivity index (χ1n) is 5.77. The van der Waals surface area contributed by atoms with Crippen molar-refractivity contribution in [3.8, 4) is 0 Å². The molecule has 0 aliphatic carbocycles. The summed E-state index contributed by atoms with van der Waals surface area (Å²) in [6.45, 7) is 0. The molecule has 0 aromatic carbocycles. The Morgan fingerprint density at radius 2 is 1.32 bits per heavy atom. The fraction of sp³-hybridized carbons (Fsp3) is 0.182. The molecule has 0 saturated carbocycles. The summed E-state index contributed by atoms with van der Waals surface area (Å²) < 4.78 is 12.3. The molecule has 22 heavy (non-hydrogen) atoms. The van der Waals surface area contributed by atoms with E-state index in [-0.39, 0.29) is 0 Å². The predicted molar refractivity (Wildman–Crippen MR) is 136 cm³/mol. The van der Waals surface area contributed by atoms with Crippen LogP contribution < -0.4 is 8.38 Å². The maximum absolute atomic E-state index is 5.65. The predicted octanol–water partition coefficient (Wildman–Crippen LogP) is 7.23. The van der Waals surface area contributed by atoms with Crippen molar-refractivity contribution in [2.24, 2.45) is 0 Å². The molecular weight excluding hydrogens is 675 g/mol. The van der Waals surface area contributed by atoms with Crippen LogP contribution in [0.5, 0.6) is 0 Å². The van der Waals surface area contributed by atoms with E-state index in [0.717, 1.165) is 3.82 Å². The molecule has 0 saturated heterocycles. The van der Waals surface area contributed by atoms with Crippen molar-refractivity contribution in [2.75, 3.05) is 11.5 Å². The van der Waals surface area contributed by atoms with Gasteiger partial charge in [-0.15, -0.1) is 46.2 Å². The first-order chi connectivity index (χ1) is 10.6. The zero-order chi connectivity index (χ0) is 15.3. The molecule has 0 nitrogen and oxygen atoms in total. The Bertz CT molecular complexity index is 851. The first kappa shape index (κ1) is 18.4. The number of hydrogen-bond acceptors (Lipinski definition) is 9. The van der Waals surface area contributed by atoms with Gasteiger partial charge in [-0.2, -0.15) is 0 Å². The maximum atomic E-state index is 5.65. The molecule has 0 radical (unpaired) electrons. The van der Waals surface area contributed by atoms with Gasteiger partial charge in [-0.25, -0.2) is 0 Å². The fourth-order valence-corrected chi connectivity index (χ4v) is 16.1. The lowest BCUT2D eigenvalue weighted by molar-refractivity contribution is 1.56. The highest BCUT2D eigenvalue weighted by molar-refractivity contribution is 14.1. The Kier molecular flexibility index (Phi) is 6.67. The van der Waals surface area contributed by atoms with E-state index in [1.165, 1.54) is 42.7 Å². The molecule has 0 spiro atoms. The van der Waals surface area contributed by atoms with Crippen molar-refractivity contribution in [3.63, 3.8) is 0 Å².